The van der Waals surface area contributed by atoms with Gasteiger partial charge in [-0.15, -0.1) is 0 Å². The average molecular weight is 410 g/mol. The summed E-state index contributed by atoms with van der Waals surface area (Å²) in [7, 11) is 0. The lowest BCUT2D eigenvalue weighted by molar-refractivity contribution is -0.122. The maximum Gasteiger partial charge on any atom is 0.269 e. The van der Waals surface area contributed by atoms with Crippen LogP contribution in [0.15, 0.2) is 48.5 Å². The van der Waals surface area contributed by atoms with Crippen LogP contribution in [0.1, 0.15) is 16.8 Å². The van der Waals surface area contributed by atoms with Crippen LogP contribution in [0.25, 0.3) is 0 Å². The van der Waals surface area contributed by atoms with Gasteiger partial charge in [-0.1, -0.05) is 18.2 Å². The van der Waals surface area contributed by atoms with E-state index in [0.29, 0.717) is 43.2 Å². The second-order valence-corrected chi connectivity index (χ2v) is 7.27. The molecular formula is C22H26N4O4. The first-order valence-electron chi connectivity index (χ1n) is 10.2. The van der Waals surface area contributed by atoms with Crippen molar-refractivity contribution < 1.29 is 19.1 Å². The third-order valence-corrected chi connectivity index (χ3v) is 5.27. The Labute approximate surface area is 175 Å². The fourth-order valence-corrected chi connectivity index (χ4v) is 3.57. The van der Waals surface area contributed by atoms with Crippen LogP contribution in [0.2, 0.25) is 0 Å². The van der Waals surface area contributed by atoms with E-state index < -0.39 is 5.91 Å². The van der Waals surface area contributed by atoms with E-state index in [-0.39, 0.29) is 5.91 Å². The molecule has 2 N–H and O–H groups in total. The number of nitrogens with one attached hydrogen (secondary N) is 2. The lowest BCUT2D eigenvalue weighted by Crippen LogP contribution is -2.48. The molecule has 4 rings (SSSR count). The molecule has 2 aliphatic heterocycles. The first-order valence-corrected chi connectivity index (χ1v) is 10.2. The zero-order chi connectivity index (χ0) is 20.8. The van der Waals surface area contributed by atoms with Gasteiger partial charge in [0.15, 0.2) is 11.5 Å². The lowest BCUT2D eigenvalue weighted by Gasteiger charge is -2.36. The summed E-state index contributed by atoms with van der Waals surface area (Å²) in [6.45, 7) is 5.30. The van der Waals surface area contributed by atoms with Crippen LogP contribution >= 0.6 is 0 Å². The molecule has 0 spiro atoms. The van der Waals surface area contributed by atoms with Gasteiger partial charge in [-0.05, 0) is 30.3 Å². The second-order valence-electron chi connectivity index (χ2n) is 7.27. The number of ether oxygens (including phenoxy) is 2. The van der Waals surface area contributed by atoms with Gasteiger partial charge in [0, 0.05) is 50.4 Å². The number of anilines is 1. The molecule has 158 valence electrons. The number of carbonyl (C=O) groups is 2. The molecule has 2 aromatic rings. The van der Waals surface area contributed by atoms with Crippen LogP contribution in [0, 0.1) is 0 Å². The quantitative estimate of drug-likeness (QED) is 0.726. The van der Waals surface area contributed by atoms with Crippen molar-refractivity contribution in [2.75, 3.05) is 50.8 Å². The minimum Gasteiger partial charge on any atom is -0.486 e. The molecule has 2 aromatic carbocycles. The minimum atomic E-state index is -0.392. The largest absolute Gasteiger partial charge is 0.486 e. The standard InChI is InChI=1S/C22H26N4O4/c27-21(8-9-25-10-12-26(13-11-25)18-4-2-1-3-5-18)23-24-22(28)17-6-7-19-20(16-17)30-15-14-29-19/h1-7,16H,8-15H2,(H,23,27)(H,24,28). The van der Waals surface area contributed by atoms with Crippen LogP contribution in [-0.2, 0) is 4.79 Å². The van der Waals surface area contributed by atoms with Crippen molar-refractivity contribution in [3.8, 4) is 11.5 Å². The Hall–Kier alpha value is -3.26. The number of piperazine rings is 1. The molecule has 0 radical (unpaired) electrons. The van der Waals surface area contributed by atoms with E-state index in [0.717, 1.165) is 26.2 Å². The van der Waals surface area contributed by atoms with Gasteiger partial charge in [-0.25, -0.2) is 0 Å². The van der Waals surface area contributed by atoms with E-state index in [2.05, 4.69) is 32.8 Å². The predicted octanol–water partition coefficient (Wildman–Crippen LogP) is 1.43. The fraction of sp³-hybridized carbons (Fsp3) is 0.364. The first kappa shape index (κ1) is 20.0. The van der Waals surface area contributed by atoms with Gasteiger partial charge in [0.2, 0.25) is 5.91 Å². The molecule has 30 heavy (non-hydrogen) atoms. The highest BCUT2D eigenvalue weighted by Crippen LogP contribution is 2.30. The number of fused-ring (bicyclic) bond motifs is 1. The molecule has 8 heteroatoms. The van der Waals surface area contributed by atoms with Crippen molar-refractivity contribution in [3.05, 3.63) is 54.1 Å². The topological polar surface area (TPSA) is 83.1 Å². The smallest absolute Gasteiger partial charge is 0.269 e. The summed E-state index contributed by atoms with van der Waals surface area (Å²) in [5, 5.41) is 0. The monoisotopic (exact) mass is 410 g/mol. The molecule has 0 aromatic heterocycles. The third kappa shape index (κ3) is 5.01. The van der Waals surface area contributed by atoms with Gasteiger partial charge in [0.1, 0.15) is 13.2 Å². The van der Waals surface area contributed by atoms with Crippen LogP contribution in [0.3, 0.4) is 0 Å². The molecule has 0 saturated carbocycles. The number of hydrazine groups is 1. The van der Waals surface area contributed by atoms with Gasteiger partial charge >= 0.3 is 0 Å². The number of para-hydroxylation sites is 1. The van der Waals surface area contributed by atoms with Crippen molar-refractivity contribution in [1.29, 1.82) is 0 Å². The summed E-state index contributed by atoms with van der Waals surface area (Å²) < 4.78 is 10.9. The van der Waals surface area contributed by atoms with E-state index in [1.165, 1.54) is 5.69 Å². The summed E-state index contributed by atoms with van der Waals surface area (Å²) in [5.41, 5.74) is 6.58. The molecule has 0 bridgehead atoms. The Kier molecular flexibility index (Phi) is 6.34. The zero-order valence-electron chi connectivity index (χ0n) is 16.8. The highest BCUT2D eigenvalue weighted by atomic mass is 16.6. The summed E-state index contributed by atoms with van der Waals surface area (Å²) in [6.07, 6.45) is 0.326. The summed E-state index contributed by atoms with van der Waals surface area (Å²) >= 11 is 0. The van der Waals surface area contributed by atoms with E-state index in [1.807, 2.05) is 18.2 Å². The van der Waals surface area contributed by atoms with Gasteiger partial charge in [-0.3, -0.25) is 25.3 Å². The normalized spacial score (nSPS) is 16.1. The first-order chi connectivity index (χ1) is 14.7. The fourth-order valence-electron chi connectivity index (χ4n) is 3.57. The zero-order valence-corrected chi connectivity index (χ0v) is 16.8. The number of hydrogen-bond donors (Lipinski definition) is 2. The number of rotatable bonds is 5. The molecule has 0 unspecified atom stereocenters. The van der Waals surface area contributed by atoms with Crippen molar-refractivity contribution >= 4 is 17.5 Å². The summed E-state index contributed by atoms with van der Waals surface area (Å²) in [5.74, 6) is 0.548. The van der Waals surface area contributed by atoms with Crippen LogP contribution in [-0.4, -0.2) is 62.7 Å². The summed E-state index contributed by atoms with van der Waals surface area (Å²) in [4.78, 5) is 29.0. The van der Waals surface area contributed by atoms with Crippen molar-refractivity contribution in [2.24, 2.45) is 0 Å². The van der Waals surface area contributed by atoms with E-state index in [1.54, 1.807) is 18.2 Å². The minimum absolute atomic E-state index is 0.216. The number of hydrogen-bond acceptors (Lipinski definition) is 6. The molecule has 1 saturated heterocycles. The highest BCUT2D eigenvalue weighted by Gasteiger charge is 2.18. The van der Waals surface area contributed by atoms with Gasteiger partial charge in [0.05, 0.1) is 0 Å². The van der Waals surface area contributed by atoms with Gasteiger partial charge in [-0.2, -0.15) is 0 Å². The van der Waals surface area contributed by atoms with Gasteiger partial charge in [0.25, 0.3) is 5.91 Å². The van der Waals surface area contributed by atoms with E-state index >= 15 is 0 Å². The molecule has 2 heterocycles. The second kappa shape index (κ2) is 9.49. The number of carbonyl (C=O) groups excluding carboxylic acids is 2. The molecule has 2 amide bonds. The van der Waals surface area contributed by atoms with Gasteiger partial charge < -0.3 is 14.4 Å². The van der Waals surface area contributed by atoms with E-state index in [4.69, 9.17) is 9.47 Å². The molecule has 0 aliphatic carbocycles. The molecule has 1 fully saturated rings. The Morgan fingerprint density at radius 1 is 0.867 bits per heavy atom. The van der Waals surface area contributed by atoms with Crippen LogP contribution in [0.4, 0.5) is 5.69 Å². The third-order valence-electron chi connectivity index (χ3n) is 5.27. The Morgan fingerprint density at radius 3 is 2.37 bits per heavy atom. The molecular weight excluding hydrogens is 384 g/mol. The van der Waals surface area contributed by atoms with E-state index in [9.17, 15) is 9.59 Å². The van der Waals surface area contributed by atoms with Crippen LogP contribution in [0.5, 0.6) is 11.5 Å². The maximum absolute atomic E-state index is 12.3. The Morgan fingerprint density at radius 2 is 1.60 bits per heavy atom. The highest BCUT2D eigenvalue weighted by molar-refractivity contribution is 5.96. The van der Waals surface area contributed by atoms with Crippen molar-refractivity contribution in [2.45, 2.75) is 6.42 Å². The molecule has 8 nitrogen and oxygen atoms in total. The molecule has 0 atom stereocenters. The SMILES string of the molecule is O=C(CCN1CCN(c2ccccc2)CC1)NNC(=O)c1ccc2c(c1)OCCO2. The molecule has 2 aliphatic rings. The maximum atomic E-state index is 12.3. The number of benzene rings is 2. The predicted molar refractivity (Wildman–Crippen MR) is 113 cm³/mol. The van der Waals surface area contributed by atoms with Crippen molar-refractivity contribution in [1.82, 2.24) is 15.8 Å². The van der Waals surface area contributed by atoms with Crippen LogP contribution < -0.4 is 25.2 Å². The summed E-state index contributed by atoms with van der Waals surface area (Å²) in [6, 6.07) is 15.3. The Bertz CT molecular complexity index is 882. The number of nitrogens with zero attached hydrogens (tertiary/aromatic N) is 2. The average Bonchev–Trinajstić information content (AvgIpc) is 2.81. The Balaban J connectivity index is 1.17. The van der Waals surface area contributed by atoms with Crippen molar-refractivity contribution in [3.63, 3.8) is 0 Å². The number of amides is 2. The lowest BCUT2D eigenvalue weighted by atomic mass is 10.2.